The molecule has 1 rings (SSSR count). The monoisotopic (exact) mass is 175 g/mol. The Morgan fingerprint density at radius 3 is 2.42 bits per heavy atom. The van der Waals surface area contributed by atoms with Crippen LogP contribution in [0.4, 0.5) is 4.39 Å². The van der Waals surface area contributed by atoms with Gasteiger partial charge in [0.2, 0.25) is 0 Å². The third-order valence-corrected chi connectivity index (χ3v) is 1.98. The number of likely N-dealkylation sites (tertiary alicyclic amines) is 1. The Balaban J connectivity index is 2.39. The van der Waals surface area contributed by atoms with Gasteiger partial charge in [0.05, 0.1) is 6.10 Å². The van der Waals surface area contributed by atoms with Crippen LogP contribution in [0.5, 0.6) is 0 Å². The van der Waals surface area contributed by atoms with E-state index in [0.29, 0.717) is 13.1 Å². The number of rotatable bonds is 2. The van der Waals surface area contributed by atoms with E-state index < -0.39 is 11.6 Å². The van der Waals surface area contributed by atoms with E-state index in [4.69, 9.17) is 4.74 Å². The number of alkyl halides is 1. The molecule has 1 fully saturated rings. The maximum atomic E-state index is 13.1. The van der Waals surface area contributed by atoms with Crippen molar-refractivity contribution < 1.29 is 13.9 Å². The van der Waals surface area contributed by atoms with Gasteiger partial charge in [-0.25, -0.2) is 4.39 Å². The van der Waals surface area contributed by atoms with Crippen LogP contribution < -0.4 is 0 Å². The number of carbonyl (C=O) groups excluding carboxylic acids is 1. The number of hydrogen-bond donors (Lipinski definition) is 0. The van der Waals surface area contributed by atoms with Gasteiger partial charge < -0.3 is 9.64 Å². The summed E-state index contributed by atoms with van der Waals surface area (Å²) in [5, 5.41) is 0. The van der Waals surface area contributed by atoms with E-state index in [9.17, 15) is 9.18 Å². The summed E-state index contributed by atoms with van der Waals surface area (Å²) in [6.07, 6.45) is 0.0938. The fraction of sp³-hybridized carbons (Fsp3) is 0.875. The first kappa shape index (κ1) is 9.45. The van der Waals surface area contributed by atoms with Crippen LogP contribution in [0.3, 0.4) is 0 Å². The molecule has 0 aromatic rings. The quantitative estimate of drug-likeness (QED) is 0.614. The molecule has 12 heavy (non-hydrogen) atoms. The fourth-order valence-corrected chi connectivity index (χ4v) is 1.13. The molecule has 0 bridgehead atoms. The number of halogens is 1. The Kier molecular flexibility index (Phi) is 2.37. The minimum Gasteiger partial charge on any atom is -0.378 e. The maximum absolute atomic E-state index is 13.1. The molecule has 4 heteroatoms. The van der Waals surface area contributed by atoms with Gasteiger partial charge >= 0.3 is 0 Å². The molecule has 0 saturated carbocycles. The minimum atomic E-state index is -1.75. The lowest BCUT2D eigenvalue weighted by Gasteiger charge is -2.40. The van der Waals surface area contributed by atoms with E-state index in [1.165, 1.54) is 18.7 Å². The van der Waals surface area contributed by atoms with E-state index in [0.717, 1.165) is 0 Å². The molecule has 0 atom stereocenters. The Hall–Kier alpha value is -0.640. The fourth-order valence-electron chi connectivity index (χ4n) is 1.13. The molecule has 70 valence electrons. The summed E-state index contributed by atoms with van der Waals surface area (Å²) in [4.78, 5) is 12.7. The predicted octanol–water partition coefficient (Wildman–Crippen LogP) is 0.592. The van der Waals surface area contributed by atoms with Crippen LogP contribution in [0.2, 0.25) is 0 Å². The van der Waals surface area contributed by atoms with Crippen molar-refractivity contribution in [1.82, 2.24) is 4.90 Å². The van der Waals surface area contributed by atoms with Crippen molar-refractivity contribution in [3.8, 4) is 0 Å². The summed E-state index contributed by atoms with van der Waals surface area (Å²) >= 11 is 0. The summed E-state index contributed by atoms with van der Waals surface area (Å²) in [7, 11) is 1.59. The Morgan fingerprint density at radius 2 is 2.08 bits per heavy atom. The molecule has 1 aliphatic heterocycles. The number of hydrogen-bond acceptors (Lipinski definition) is 2. The van der Waals surface area contributed by atoms with Crippen LogP contribution in [0.1, 0.15) is 13.8 Å². The highest BCUT2D eigenvalue weighted by Crippen LogP contribution is 2.19. The number of amides is 1. The molecule has 1 saturated heterocycles. The lowest BCUT2D eigenvalue weighted by molar-refractivity contribution is -0.153. The molecule has 1 heterocycles. The van der Waals surface area contributed by atoms with Gasteiger partial charge in [-0.1, -0.05) is 0 Å². The molecular formula is C8H14FNO2. The molecule has 0 aliphatic carbocycles. The zero-order valence-electron chi connectivity index (χ0n) is 7.63. The standard InChI is InChI=1S/C8H14FNO2/c1-8(2,9)7(11)10-4-6(5-10)12-3/h6H,4-5H2,1-3H3. The zero-order chi connectivity index (χ0) is 9.35. The van der Waals surface area contributed by atoms with Crippen molar-refractivity contribution in [2.24, 2.45) is 0 Å². The van der Waals surface area contributed by atoms with Crippen molar-refractivity contribution in [2.45, 2.75) is 25.6 Å². The van der Waals surface area contributed by atoms with Gasteiger partial charge in [0.25, 0.3) is 5.91 Å². The van der Waals surface area contributed by atoms with E-state index in [1.54, 1.807) is 7.11 Å². The molecule has 1 aliphatic rings. The molecule has 0 aromatic heterocycles. The smallest absolute Gasteiger partial charge is 0.259 e. The van der Waals surface area contributed by atoms with E-state index in [-0.39, 0.29) is 6.10 Å². The van der Waals surface area contributed by atoms with Crippen LogP contribution in [-0.4, -0.2) is 42.8 Å². The third-order valence-electron chi connectivity index (χ3n) is 1.98. The molecule has 3 nitrogen and oxygen atoms in total. The maximum Gasteiger partial charge on any atom is 0.259 e. The average Bonchev–Trinajstić information content (AvgIpc) is 1.83. The molecule has 0 aromatic carbocycles. The normalized spacial score (nSPS) is 19.2. The van der Waals surface area contributed by atoms with Gasteiger partial charge in [0.15, 0.2) is 5.67 Å². The van der Waals surface area contributed by atoms with Gasteiger partial charge in [-0.2, -0.15) is 0 Å². The summed E-state index contributed by atoms with van der Waals surface area (Å²) in [6, 6.07) is 0. The Labute approximate surface area is 71.5 Å². The van der Waals surface area contributed by atoms with Gasteiger partial charge in [-0.05, 0) is 13.8 Å². The molecule has 0 unspecified atom stereocenters. The summed E-state index contributed by atoms with van der Waals surface area (Å²) in [5.41, 5.74) is -1.75. The van der Waals surface area contributed by atoms with Crippen molar-refractivity contribution in [3.63, 3.8) is 0 Å². The SMILES string of the molecule is COC1CN(C(=O)C(C)(C)F)C1. The second-order valence-corrected chi connectivity index (χ2v) is 3.54. The molecule has 0 N–H and O–H groups in total. The predicted molar refractivity (Wildman–Crippen MR) is 42.6 cm³/mol. The van der Waals surface area contributed by atoms with Crippen molar-refractivity contribution in [1.29, 1.82) is 0 Å². The highest BCUT2D eigenvalue weighted by atomic mass is 19.1. The lowest BCUT2D eigenvalue weighted by Crippen LogP contribution is -2.58. The van der Waals surface area contributed by atoms with Gasteiger partial charge in [0.1, 0.15) is 0 Å². The van der Waals surface area contributed by atoms with Crippen LogP contribution in [0.15, 0.2) is 0 Å². The molecule has 0 radical (unpaired) electrons. The van der Waals surface area contributed by atoms with Gasteiger partial charge in [0, 0.05) is 20.2 Å². The molecule has 1 amide bonds. The number of nitrogens with zero attached hydrogens (tertiary/aromatic N) is 1. The first-order valence-corrected chi connectivity index (χ1v) is 3.96. The highest BCUT2D eigenvalue weighted by Gasteiger charge is 2.38. The topological polar surface area (TPSA) is 29.5 Å². The minimum absolute atomic E-state index is 0.0938. The van der Waals surface area contributed by atoms with Crippen molar-refractivity contribution in [3.05, 3.63) is 0 Å². The second kappa shape index (κ2) is 3.01. The third kappa shape index (κ3) is 1.75. The van der Waals surface area contributed by atoms with Crippen LogP contribution in [0, 0.1) is 0 Å². The van der Waals surface area contributed by atoms with Crippen LogP contribution >= 0.6 is 0 Å². The van der Waals surface area contributed by atoms with E-state index >= 15 is 0 Å². The number of carbonyl (C=O) groups is 1. The van der Waals surface area contributed by atoms with E-state index in [2.05, 4.69) is 0 Å². The van der Waals surface area contributed by atoms with Gasteiger partial charge in [-0.3, -0.25) is 4.79 Å². The Bertz CT molecular complexity index is 182. The van der Waals surface area contributed by atoms with E-state index in [1.807, 2.05) is 0 Å². The highest BCUT2D eigenvalue weighted by molar-refractivity contribution is 5.84. The second-order valence-electron chi connectivity index (χ2n) is 3.54. The molecular weight excluding hydrogens is 161 g/mol. The lowest BCUT2D eigenvalue weighted by atomic mass is 10.1. The Morgan fingerprint density at radius 1 is 1.58 bits per heavy atom. The largest absolute Gasteiger partial charge is 0.378 e. The zero-order valence-corrected chi connectivity index (χ0v) is 7.63. The molecule has 0 spiro atoms. The summed E-state index contributed by atoms with van der Waals surface area (Å²) in [5.74, 6) is -0.448. The van der Waals surface area contributed by atoms with Crippen LogP contribution in [-0.2, 0) is 9.53 Å². The average molecular weight is 175 g/mol. The summed E-state index contributed by atoms with van der Waals surface area (Å²) in [6.45, 7) is 3.58. The van der Waals surface area contributed by atoms with Gasteiger partial charge in [-0.15, -0.1) is 0 Å². The van der Waals surface area contributed by atoms with Crippen LogP contribution in [0.25, 0.3) is 0 Å². The number of methoxy groups -OCH3 is 1. The number of ether oxygens (including phenoxy) is 1. The van der Waals surface area contributed by atoms with Crippen molar-refractivity contribution in [2.75, 3.05) is 20.2 Å². The first-order valence-electron chi connectivity index (χ1n) is 3.96. The summed E-state index contributed by atoms with van der Waals surface area (Å²) < 4.78 is 18.0. The van der Waals surface area contributed by atoms with Crippen molar-refractivity contribution >= 4 is 5.91 Å². The first-order chi connectivity index (χ1) is 5.45.